The zero-order chi connectivity index (χ0) is 11.1. The van der Waals surface area contributed by atoms with Crippen LogP contribution in [0.5, 0.6) is 0 Å². The maximum atomic E-state index is 5.67. The molecule has 1 aliphatic rings. The molecule has 1 rings (SSSR count). The van der Waals surface area contributed by atoms with Gasteiger partial charge >= 0.3 is 0 Å². The third-order valence-electron chi connectivity index (χ3n) is 2.01. The van der Waals surface area contributed by atoms with Crippen LogP contribution < -0.4 is 11.1 Å². The Kier molecular flexibility index (Phi) is 4.90. The summed E-state index contributed by atoms with van der Waals surface area (Å²) in [5.41, 5.74) is 7.90. The van der Waals surface area contributed by atoms with Crippen molar-refractivity contribution in [2.24, 2.45) is 10.7 Å². The van der Waals surface area contributed by atoms with Crippen LogP contribution >= 0.6 is 0 Å². The molecule has 0 aromatic rings. The fourth-order valence-corrected chi connectivity index (χ4v) is 1.20. The average molecular weight is 209 g/mol. The predicted octanol–water partition coefficient (Wildman–Crippen LogP) is 0.813. The largest absolute Gasteiger partial charge is 0.377 e. The lowest BCUT2D eigenvalue weighted by atomic mass is 10.2. The normalized spacial score (nSPS) is 17.1. The van der Waals surface area contributed by atoms with Crippen LogP contribution in [0.25, 0.3) is 0 Å². The van der Waals surface area contributed by atoms with Gasteiger partial charge in [-0.25, -0.2) is 4.99 Å². The monoisotopic (exact) mass is 209 g/mol. The highest BCUT2D eigenvalue weighted by Gasteiger charge is 2.02. The van der Waals surface area contributed by atoms with E-state index < -0.39 is 0 Å². The number of aliphatic imine (C=N–C) groups is 1. The van der Waals surface area contributed by atoms with Crippen molar-refractivity contribution < 1.29 is 4.74 Å². The minimum atomic E-state index is 0.462. The summed E-state index contributed by atoms with van der Waals surface area (Å²) in [6.07, 6.45) is 3.14. The molecule has 0 amide bonds. The Bertz CT molecular complexity index is 282. The van der Waals surface area contributed by atoms with Crippen LogP contribution in [0.15, 0.2) is 28.8 Å². The van der Waals surface area contributed by atoms with E-state index in [9.17, 15) is 0 Å². The van der Waals surface area contributed by atoms with Gasteiger partial charge in [0.25, 0.3) is 0 Å². The third kappa shape index (κ3) is 5.22. The Morgan fingerprint density at radius 2 is 2.53 bits per heavy atom. The maximum Gasteiger partial charge on any atom is 0.189 e. The molecular formula is C11H19N3O. The summed E-state index contributed by atoms with van der Waals surface area (Å²) in [6, 6.07) is 0. The molecule has 0 bridgehead atoms. The van der Waals surface area contributed by atoms with E-state index in [1.807, 2.05) is 6.92 Å². The van der Waals surface area contributed by atoms with Gasteiger partial charge in [0.05, 0.1) is 19.8 Å². The van der Waals surface area contributed by atoms with Gasteiger partial charge in [-0.2, -0.15) is 0 Å². The smallest absolute Gasteiger partial charge is 0.189 e. The van der Waals surface area contributed by atoms with Gasteiger partial charge < -0.3 is 15.8 Å². The quantitative estimate of drug-likeness (QED) is 0.409. The lowest BCUT2D eigenvalue weighted by Crippen LogP contribution is -2.33. The van der Waals surface area contributed by atoms with Crippen LogP contribution in [-0.4, -0.2) is 32.3 Å². The Hall–Kier alpha value is -1.29. The first-order valence-corrected chi connectivity index (χ1v) is 5.12. The lowest BCUT2D eigenvalue weighted by Gasteiger charge is -2.12. The fourth-order valence-electron chi connectivity index (χ4n) is 1.20. The van der Waals surface area contributed by atoms with Crippen molar-refractivity contribution in [1.82, 2.24) is 5.32 Å². The second-order valence-electron chi connectivity index (χ2n) is 3.72. The van der Waals surface area contributed by atoms with Crippen LogP contribution in [0, 0.1) is 0 Å². The molecule has 3 N–H and O–H groups in total. The van der Waals surface area contributed by atoms with Crippen LogP contribution in [-0.2, 0) is 4.74 Å². The summed E-state index contributed by atoms with van der Waals surface area (Å²) in [6.45, 7) is 8.50. The number of nitrogens with zero attached hydrogens (tertiary/aromatic N) is 1. The Morgan fingerprint density at radius 1 is 1.73 bits per heavy atom. The summed E-state index contributed by atoms with van der Waals surface area (Å²) in [7, 11) is 0. The number of nitrogens with two attached hydrogens (primary N) is 1. The summed E-state index contributed by atoms with van der Waals surface area (Å²) in [5.74, 6) is 0.462. The first kappa shape index (κ1) is 11.8. The van der Waals surface area contributed by atoms with E-state index in [0.29, 0.717) is 25.7 Å². The number of rotatable bonds is 4. The van der Waals surface area contributed by atoms with E-state index in [1.54, 1.807) is 0 Å². The Balaban J connectivity index is 2.29. The van der Waals surface area contributed by atoms with E-state index >= 15 is 0 Å². The summed E-state index contributed by atoms with van der Waals surface area (Å²) in [5, 5.41) is 2.98. The second kappa shape index (κ2) is 6.24. The molecular weight excluding hydrogens is 190 g/mol. The number of nitrogens with one attached hydrogen (secondary N) is 1. The molecule has 15 heavy (non-hydrogen) atoms. The van der Waals surface area contributed by atoms with Crippen molar-refractivity contribution in [2.45, 2.75) is 13.3 Å². The van der Waals surface area contributed by atoms with Crippen molar-refractivity contribution in [3.8, 4) is 0 Å². The zero-order valence-corrected chi connectivity index (χ0v) is 9.25. The van der Waals surface area contributed by atoms with Gasteiger partial charge in [-0.05, 0) is 18.9 Å². The SMILES string of the molecule is C=C(C)CNC(N)=NCC1=CCCOC1. The highest BCUT2D eigenvalue weighted by Crippen LogP contribution is 2.05. The van der Waals surface area contributed by atoms with E-state index in [2.05, 4.69) is 23.0 Å². The average Bonchev–Trinajstić information content (AvgIpc) is 2.25. The highest BCUT2D eigenvalue weighted by atomic mass is 16.5. The van der Waals surface area contributed by atoms with Gasteiger partial charge in [-0.3, -0.25) is 0 Å². The molecule has 0 aliphatic carbocycles. The van der Waals surface area contributed by atoms with E-state index in [-0.39, 0.29) is 0 Å². The Morgan fingerprint density at radius 3 is 3.13 bits per heavy atom. The molecule has 84 valence electrons. The molecule has 0 saturated carbocycles. The molecule has 4 nitrogen and oxygen atoms in total. The molecule has 0 aromatic heterocycles. The highest BCUT2D eigenvalue weighted by molar-refractivity contribution is 5.78. The topological polar surface area (TPSA) is 59.6 Å². The maximum absolute atomic E-state index is 5.67. The van der Waals surface area contributed by atoms with Crippen molar-refractivity contribution in [1.29, 1.82) is 0 Å². The first-order valence-electron chi connectivity index (χ1n) is 5.12. The molecule has 0 atom stereocenters. The van der Waals surface area contributed by atoms with Gasteiger partial charge in [0.1, 0.15) is 0 Å². The molecule has 0 unspecified atom stereocenters. The predicted molar refractivity (Wildman–Crippen MR) is 62.8 cm³/mol. The van der Waals surface area contributed by atoms with Crippen LogP contribution in [0.2, 0.25) is 0 Å². The minimum Gasteiger partial charge on any atom is -0.377 e. The molecule has 1 aliphatic heterocycles. The molecule has 0 saturated heterocycles. The van der Waals surface area contributed by atoms with Gasteiger partial charge in [0.2, 0.25) is 0 Å². The number of hydrogen-bond acceptors (Lipinski definition) is 2. The van der Waals surface area contributed by atoms with E-state index in [1.165, 1.54) is 5.57 Å². The van der Waals surface area contributed by atoms with Crippen LogP contribution in [0.3, 0.4) is 0 Å². The van der Waals surface area contributed by atoms with Crippen LogP contribution in [0.4, 0.5) is 0 Å². The second-order valence-corrected chi connectivity index (χ2v) is 3.72. The lowest BCUT2D eigenvalue weighted by molar-refractivity contribution is 0.150. The minimum absolute atomic E-state index is 0.462. The summed E-state index contributed by atoms with van der Waals surface area (Å²) < 4.78 is 5.30. The third-order valence-corrected chi connectivity index (χ3v) is 2.01. The van der Waals surface area contributed by atoms with E-state index in [4.69, 9.17) is 10.5 Å². The van der Waals surface area contributed by atoms with Crippen molar-refractivity contribution in [2.75, 3.05) is 26.3 Å². The van der Waals surface area contributed by atoms with E-state index in [0.717, 1.165) is 18.6 Å². The molecule has 0 aromatic carbocycles. The Labute approximate surface area is 90.9 Å². The molecule has 0 fully saturated rings. The zero-order valence-electron chi connectivity index (χ0n) is 9.25. The molecule has 0 spiro atoms. The molecule has 0 radical (unpaired) electrons. The first-order chi connectivity index (χ1) is 7.18. The van der Waals surface area contributed by atoms with Crippen LogP contribution in [0.1, 0.15) is 13.3 Å². The number of guanidine groups is 1. The fraction of sp³-hybridized carbons (Fsp3) is 0.545. The van der Waals surface area contributed by atoms with Gasteiger partial charge in [-0.15, -0.1) is 0 Å². The molecule has 4 heteroatoms. The van der Waals surface area contributed by atoms with Gasteiger partial charge in [0, 0.05) is 6.54 Å². The van der Waals surface area contributed by atoms with Gasteiger partial charge in [-0.1, -0.05) is 18.2 Å². The van der Waals surface area contributed by atoms with Crippen molar-refractivity contribution in [3.05, 3.63) is 23.8 Å². The van der Waals surface area contributed by atoms with Gasteiger partial charge in [0.15, 0.2) is 5.96 Å². The standard InChI is InChI=1S/C11H19N3O/c1-9(2)6-13-11(12)14-7-10-4-3-5-15-8-10/h4H,1,3,5-8H2,2H3,(H3,12,13,14). The number of ether oxygens (including phenoxy) is 1. The summed E-state index contributed by atoms with van der Waals surface area (Å²) in [4.78, 5) is 4.21. The number of hydrogen-bond donors (Lipinski definition) is 2. The van der Waals surface area contributed by atoms with Crippen molar-refractivity contribution in [3.63, 3.8) is 0 Å². The molecule has 1 heterocycles. The van der Waals surface area contributed by atoms with Crippen molar-refractivity contribution >= 4 is 5.96 Å². The summed E-state index contributed by atoms with van der Waals surface area (Å²) >= 11 is 0.